The third-order valence-electron chi connectivity index (χ3n) is 4.25. The molecule has 2 aromatic rings. The minimum atomic E-state index is -0.422. The Morgan fingerprint density at radius 3 is 2.54 bits per heavy atom. The van der Waals surface area contributed by atoms with Gasteiger partial charge < -0.3 is 10.2 Å². The Kier molecular flexibility index (Phi) is 5.88. The molecule has 0 bridgehead atoms. The molecule has 3 rings (SSSR count). The van der Waals surface area contributed by atoms with Crippen molar-refractivity contribution in [2.75, 3.05) is 22.5 Å². The lowest BCUT2D eigenvalue weighted by Gasteiger charge is -2.29. The zero-order chi connectivity index (χ0) is 20.4. The van der Waals surface area contributed by atoms with E-state index in [-0.39, 0.29) is 30.0 Å². The van der Waals surface area contributed by atoms with E-state index in [0.717, 1.165) is 15.8 Å². The third-order valence-corrected chi connectivity index (χ3v) is 5.25. The quantitative estimate of drug-likeness (QED) is 0.834. The number of carbonyl (C=O) groups excluding carboxylic acids is 2. The number of aromatic nitrogens is 2. The zero-order valence-corrected chi connectivity index (χ0v) is 17.3. The molecule has 1 aromatic carbocycles. The number of nitrogens with one attached hydrogen (secondary N) is 1. The lowest BCUT2D eigenvalue weighted by Crippen LogP contribution is -2.44. The molecular formula is C20H24N4O3S. The molecule has 2 amide bonds. The van der Waals surface area contributed by atoms with Crippen molar-refractivity contribution >= 4 is 35.0 Å². The summed E-state index contributed by atoms with van der Waals surface area (Å²) in [5.41, 5.74) is 2.66. The fourth-order valence-corrected chi connectivity index (χ4v) is 4.10. The topological polar surface area (TPSA) is 84.3 Å². The first-order valence-corrected chi connectivity index (χ1v) is 10.1. The van der Waals surface area contributed by atoms with Crippen LogP contribution in [0.4, 0.5) is 11.4 Å². The maximum atomic E-state index is 13.0. The molecule has 28 heavy (non-hydrogen) atoms. The Balaban J connectivity index is 1.85. The van der Waals surface area contributed by atoms with Gasteiger partial charge in [0.1, 0.15) is 12.2 Å². The Bertz CT molecular complexity index is 964. The molecule has 0 aliphatic carbocycles. The first-order chi connectivity index (χ1) is 13.2. The molecule has 0 unspecified atom stereocenters. The van der Waals surface area contributed by atoms with E-state index in [2.05, 4.69) is 10.4 Å². The number of aryl methyl sites for hydroxylation is 2. The maximum Gasteiger partial charge on any atom is 0.292 e. The maximum absolute atomic E-state index is 13.0. The van der Waals surface area contributed by atoms with E-state index in [1.54, 1.807) is 6.20 Å². The van der Waals surface area contributed by atoms with E-state index in [9.17, 15) is 14.4 Å². The molecule has 0 atom stereocenters. The van der Waals surface area contributed by atoms with Crippen molar-refractivity contribution in [1.82, 2.24) is 9.78 Å². The monoisotopic (exact) mass is 400 g/mol. The highest BCUT2D eigenvalue weighted by Gasteiger charge is 2.29. The molecule has 1 aliphatic rings. The summed E-state index contributed by atoms with van der Waals surface area (Å²) in [6, 6.07) is 5.75. The lowest BCUT2D eigenvalue weighted by atomic mass is 10.1. The van der Waals surface area contributed by atoms with E-state index >= 15 is 0 Å². The Morgan fingerprint density at radius 2 is 1.89 bits per heavy atom. The summed E-state index contributed by atoms with van der Waals surface area (Å²) in [5.74, 6) is 0.0668. The van der Waals surface area contributed by atoms with Gasteiger partial charge in [0.2, 0.25) is 11.8 Å². The fourth-order valence-electron chi connectivity index (χ4n) is 3.21. The van der Waals surface area contributed by atoms with Crippen LogP contribution in [0.1, 0.15) is 25.0 Å². The number of hydrogen-bond donors (Lipinski definition) is 1. The largest absolute Gasteiger partial charge is 0.324 e. The smallest absolute Gasteiger partial charge is 0.292 e. The number of hydrogen-bond acceptors (Lipinski definition) is 5. The van der Waals surface area contributed by atoms with Gasteiger partial charge in [-0.2, -0.15) is 5.10 Å². The van der Waals surface area contributed by atoms with Crippen LogP contribution in [0, 0.1) is 19.8 Å². The summed E-state index contributed by atoms with van der Waals surface area (Å²) in [6.07, 6.45) is 1.56. The molecule has 1 aromatic heterocycles. The van der Waals surface area contributed by atoms with Gasteiger partial charge in [-0.15, -0.1) is 11.8 Å². The summed E-state index contributed by atoms with van der Waals surface area (Å²) < 4.78 is 1.11. The minimum absolute atomic E-state index is 0.0965. The minimum Gasteiger partial charge on any atom is -0.324 e. The first-order valence-electron chi connectivity index (χ1n) is 9.16. The van der Waals surface area contributed by atoms with E-state index < -0.39 is 5.56 Å². The third kappa shape index (κ3) is 4.44. The predicted molar refractivity (Wildman–Crippen MR) is 111 cm³/mol. The van der Waals surface area contributed by atoms with Crippen LogP contribution in [0.25, 0.3) is 0 Å². The first kappa shape index (κ1) is 20.1. The molecule has 0 fully saturated rings. The van der Waals surface area contributed by atoms with E-state index in [4.69, 9.17) is 0 Å². The van der Waals surface area contributed by atoms with Gasteiger partial charge in [0.05, 0.1) is 16.8 Å². The molecule has 1 N–H and O–H groups in total. The average Bonchev–Trinajstić information content (AvgIpc) is 2.58. The molecule has 7 nitrogen and oxygen atoms in total. The number of thioether (sulfide) groups is 1. The van der Waals surface area contributed by atoms with Crippen LogP contribution in [-0.2, 0) is 16.1 Å². The standard InChI is InChI=1S/C20H24N4O3S/c1-12(2)9-23-18(26)11-28-16-8-21-24(20(27)19(16)23)10-17(25)22-15-6-13(3)5-14(4)7-15/h5-8,12H,9-11H2,1-4H3,(H,22,25). The molecule has 0 radical (unpaired) electrons. The highest BCUT2D eigenvalue weighted by Crippen LogP contribution is 2.32. The van der Waals surface area contributed by atoms with E-state index in [1.807, 2.05) is 45.9 Å². The highest BCUT2D eigenvalue weighted by molar-refractivity contribution is 8.00. The van der Waals surface area contributed by atoms with E-state index in [0.29, 0.717) is 22.8 Å². The number of amides is 2. The van der Waals surface area contributed by atoms with Gasteiger partial charge in [-0.1, -0.05) is 19.9 Å². The SMILES string of the molecule is Cc1cc(C)cc(NC(=O)Cn2ncc3c(c2=O)N(CC(C)C)C(=O)CS3)c1. The normalized spacial score (nSPS) is 13.6. The molecule has 2 heterocycles. The number of benzene rings is 1. The van der Waals surface area contributed by atoms with Gasteiger partial charge in [-0.3, -0.25) is 14.4 Å². The second kappa shape index (κ2) is 8.18. The van der Waals surface area contributed by atoms with E-state index in [1.165, 1.54) is 16.7 Å². The summed E-state index contributed by atoms with van der Waals surface area (Å²) in [4.78, 5) is 40.0. The number of nitrogens with zero attached hydrogens (tertiary/aromatic N) is 3. The average molecular weight is 401 g/mol. The van der Waals surface area contributed by atoms with Gasteiger partial charge in [0, 0.05) is 12.2 Å². The van der Waals surface area contributed by atoms with Crippen LogP contribution >= 0.6 is 11.8 Å². The van der Waals surface area contributed by atoms with Gasteiger partial charge in [-0.25, -0.2) is 4.68 Å². The Morgan fingerprint density at radius 1 is 1.21 bits per heavy atom. The molecule has 148 valence electrons. The van der Waals surface area contributed by atoms with Crippen molar-refractivity contribution in [3.63, 3.8) is 0 Å². The highest BCUT2D eigenvalue weighted by atomic mass is 32.2. The summed E-state index contributed by atoms with van der Waals surface area (Å²) in [7, 11) is 0. The van der Waals surface area contributed by atoms with Crippen molar-refractivity contribution < 1.29 is 9.59 Å². The van der Waals surface area contributed by atoms with Crippen LogP contribution in [0.3, 0.4) is 0 Å². The van der Waals surface area contributed by atoms with Crippen LogP contribution in [0.15, 0.2) is 34.1 Å². The van der Waals surface area contributed by atoms with Gasteiger partial charge >= 0.3 is 0 Å². The Hall–Kier alpha value is -2.61. The summed E-state index contributed by atoms with van der Waals surface area (Å²) >= 11 is 1.31. The van der Waals surface area contributed by atoms with Crippen LogP contribution in [0.5, 0.6) is 0 Å². The molecule has 0 spiro atoms. The fraction of sp³-hybridized carbons (Fsp3) is 0.400. The van der Waals surface area contributed by atoms with Crippen molar-refractivity contribution in [2.45, 2.75) is 39.1 Å². The van der Waals surface area contributed by atoms with Gasteiger partial charge in [-0.05, 0) is 43.0 Å². The van der Waals surface area contributed by atoms with Crippen molar-refractivity contribution in [3.05, 3.63) is 45.9 Å². The number of fused-ring (bicyclic) bond motifs is 1. The predicted octanol–water partition coefficient (Wildman–Crippen LogP) is 2.59. The summed E-state index contributed by atoms with van der Waals surface area (Å²) in [5, 5.41) is 6.94. The molecule has 8 heteroatoms. The van der Waals surface area contributed by atoms with Crippen LogP contribution in [0.2, 0.25) is 0 Å². The van der Waals surface area contributed by atoms with Gasteiger partial charge in [0.25, 0.3) is 5.56 Å². The number of rotatable bonds is 5. The van der Waals surface area contributed by atoms with Crippen molar-refractivity contribution in [1.29, 1.82) is 0 Å². The van der Waals surface area contributed by atoms with Crippen LogP contribution < -0.4 is 15.8 Å². The molecular weight excluding hydrogens is 376 g/mol. The van der Waals surface area contributed by atoms with Crippen molar-refractivity contribution in [2.24, 2.45) is 5.92 Å². The zero-order valence-electron chi connectivity index (χ0n) is 16.5. The second-order valence-corrected chi connectivity index (χ2v) is 8.45. The number of anilines is 2. The number of carbonyl (C=O) groups is 2. The molecule has 0 saturated carbocycles. The Labute approximate surface area is 168 Å². The lowest BCUT2D eigenvalue weighted by molar-refractivity contribution is -0.117. The van der Waals surface area contributed by atoms with Crippen molar-refractivity contribution in [3.8, 4) is 0 Å². The van der Waals surface area contributed by atoms with Crippen LogP contribution in [-0.4, -0.2) is 33.9 Å². The molecule has 1 aliphatic heterocycles. The summed E-state index contributed by atoms with van der Waals surface area (Å²) in [6.45, 7) is 8.14. The molecule has 0 saturated heterocycles. The second-order valence-electron chi connectivity index (χ2n) is 7.43. The van der Waals surface area contributed by atoms with Gasteiger partial charge in [0.15, 0.2) is 0 Å².